The molecule has 114 valence electrons. The molecule has 1 amide bonds. The number of rotatable bonds is 2. The summed E-state index contributed by atoms with van der Waals surface area (Å²) in [4.78, 5) is 14.7. The van der Waals surface area contributed by atoms with Crippen LogP contribution in [0, 0.1) is 5.92 Å². The van der Waals surface area contributed by atoms with Gasteiger partial charge in [-0.25, -0.2) is 0 Å². The molecule has 1 aromatic carbocycles. The summed E-state index contributed by atoms with van der Waals surface area (Å²) in [5.41, 5.74) is 1.08. The fraction of sp³-hybridized carbons (Fsp3) is 0.588. The predicted octanol–water partition coefficient (Wildman–Crippen LogP) is 3.74. The van der Waals surface area contributed by atoms with Crippen molar-refractivity contribution in [3.63, 3.8) is 0 Å². The minimum absolute atomic E-state index is 0.0403. The van der Waals surface area contributed by atoms with Crippen molar-refractivity contribution in [1.29, 1.82) is 0 Å². The third kappa shape index (κ3) is 2.95. The highest BCUT2D eigenvalue weighted by atomic mass is 35.5. The smallest absolute Gasteiger partial charge is 0.241 e. The van der Waals surface area contributed by atoms with E-state index >= 15 is 0 Å². The number of hydrogen-bond acceptors (Lipinski definition) is 2. The largest absolute Gasteiger partial charge is 0.319 e. The van der Waals surface area contributed by atoms with Gasteiger partial charge in [0.1, 0.15) is 6.17 Å². The highest BCUT2D eigenvalue weighted by molar-refractivity contribution is 6.30. The highest BCUT2D eigenvalue weighted by Crippen LogP contribution is 2.35. The first kappa shape index (κ1) is 14.9. The second-order valence-corrected chi connectivity index (χ2v) is 6.95. The predicted molar refractivity (Wildman–Crippen MR) is 85.1 cm³/mol. The summed E-state index contributed by atoms with van der Waals surface area (Å²) in [6.07, 6.45) is 4.68. The van der Waals surface area contributed by atoms with E-state index in [-0.39, 0.29) is 18.1 Å². The molecule has 0 aromatic heterocycles. The van der Waals surface area contributed by atoms with E-state index in [0.29, 0.717) is 12.0 Å². The van der Waals surface area contributed by atoms with Gasteiger partial charge in [-0.2, -0.15) is 0 Å². The summed E-state index contributed by atoms with van der Waals surface area (Å²) < 4.78 is 0. The van der Waals surface area contributed by atoms with Gasteiger partial charge in [-0.15, -0.1) is 0 Å². The third-order valence-corrected chi connectivity index (χ3v) is 5.01. The van der Waals surface area contributed by atoms with Crippen LogP contribution >= 0.6 is 11.6 Å². The molecule has 1 saturated carbocycles. The molecule has 0 spiro atoms. The lowest BCUT2D eigenvalue weighted by atomic mass is 9.86. The number of carbonyl (C=O) groups is 1. The van der Waals surface area contributed by atoms with E-state index in [0.717, 1.165) is 23.4 Å². The summed E-state index contributed by atoms with van der Waals surface area (Å²) in [6.45, 7) is 4.24. The molecule has 4 unspecified atom stereocenters. The van der Waals surface area contributed by atoms with Gasteiger partial charge in [-0.1, -0.05) is 43.5 Å². The minimum Gasteiger partial charge on any atom is -0.319 e. The standard InChI is InChI=1S/C17H23ClN2O/c1-11-5-3-8-15(9-11)20-16(19-12(2)17(20)21)13-6-4-7-14(18)10-13/h4,6-7,10-12,15-16,19H,3,5,8-9H2,1-2H3. The maximum Gasteiger partial charge on any atom is 0.241 e. The number of amides is 1. The summed E-state index contributed by atoms with van der Waals surface area (Å²) in [5, 5.41) is 4.15. The van der Waals surface area contributed by atoms with Crippen molar-refractivity contribution in [2.75, 3.05) is 0 Å². The molecule has 1 heterocycles. The number of nitrogens with zero attached hydrogens (tertiary/aromatic N) is 1. The van der Waals surface area contributed by atoms with E-state index in [9.17, 15) is 4.79 Å². The first-order valence-corrected chi connectivity index (χ1v) is 8.27. The van der Waals surface area contributed by atoms with Crippen LogP contribution in [0.2, 0.25) is 5.02 Å². The SMILES string of the molecule is CC1CCCC(N2C(=O)C(C)NC2c2cccc(Cl)c2)C1. The fourth-order valence-electron chi connectivity index (χ4n) is 3.72. The van der Waals surface area contributed by atoms with E-state index in [1.54, 1.807) is 0 Å². The second kappa shape index (κ2) is 5.98. The normalized spacial score (nSPS) is 33.5. The van der Waals surface area contributed by atoms with Crippen molar-refractivity contribution in [1.82, 2.24) is 10.2 Å². The molecular formula is C17H23ClN2O. The molecular weight excluding hydrogens is 284 g/mol. The van der Waals surface area contributed by atoms with E-state index in [2.05, 4.69) is 17.1 Å². The molecule has 0 radical (unpaired) electrons. The zero-order chi connectivity index (χ0) is 15.0. The van der Waals surface area contributed by atoms with Crippen LogP contribution in [0.4, 0.5) is 0 Å². The Bertz CT molecular complexity index is 533. The van der Waals surface area contributed by atoms with Crippen LogP contribution in [0.25, 0.3) is 0 Å². The topological polar surface area (TPSA) is 32.3 Å². The third-order valence-electron chi connectivity index (χ3n) is 4.78. The van der Waals surface area contributed by atoms with Gasteiger partial charge < -0.3 is 4.90 Å². The van der Waals surface area contributed by atoms with Crippen molar-refractivity contribution in [3.8, 4) is 0 Å². The summed E-state index contributed by atoms with van der Waals surface area (Å²) >= 11 is 6.12. The lowest BCUT2D eigenvalue weighted by Crippen LogP contribution is -2.42. The second-order valence-electron chi connectivity index (χ2n) is 6.52. The Morgan fingerprint density at radius 3 is 2.81 bits per heavy atom. The van der Waals surface area contributed by atoms with Crippen LogP contribution < -0.4 is 5.32 Å². The Morgan fingerprint density at radius 1 is 1.29 bits per heavy atom. The Hall–Kier alpha value is -1.06. The summed E-state index contributed by atoms with van der Waals surface area (Å²) in [6, 6.07) is 8.07. The lowest BCUT2D eigenvalue weighted by Gasteiger charge is -2.37. The maximum absolute atomic E-state index is 12.6. The molecule has 1 N–H and O–H groups in total. The Kier molecular flexibility index (Phi) is 4.23. The average Bonchev–Trinajstić information content (AvgIpc) is 2.75. The van der Waals surface area contributed by atoms with E-state index in [1.165, 1.54) is 12.8 Å². The molecule has 1 saturated heterocycles. The van der Waals surface area contributed by atoms with Crippen molar-refractivity contribution < 1.29 is 4.79 Å². The van der Waals surface area contributed by atoms with Gasteiger partial charge in [-0.3, -0.25) is 10.1 Å². The average molecular weight is 307 g/mol. The quantitative estimate of drug-likeness (QED) is 0.903. The van der Waals surface area contributed by atoms with Crippen molar-refractivity contribution in [3.05, 3.63) is 34.9 Å². The molecule has 2 fully saturated rings. The number of hydrogen-bond donors (Lipinski definition) is 1. The number of benzene rings is 1. The molecule has 1 aliphatic heterocycles. The molecule has 21 heavy (non-hydrogen) atoms. The van der Waals surface area contributed by atoms with Crippen LogP contribution in [-0.2, 0) is 4.79 Å². The minimum atomic E-state index is -0.119. The van der Waals surface area contributed by atoms with Gasteiger partial charge in [-0.05, 0) is 43.4 Å². The monoisotopic (exact) mass is 306 g/mol. The van der Waals surface area contributed by atoms with Crippen molar-refractivity contribution >= 4 is 17.5 Å². The van der Waals surface area contributed by atoms with Crippen LogP contribution in [0.5, 0.6) is 0 Å². The van der Waals surface area contributed by atoms with Crippen molar-refractivity contribution in [2.24, 2.45) is 5.92 Å². The van der Waals surface area contributed by atoms with Crippen LogP contribution in [0.3, 0.4) is 0 Å². The fourth-order valence-corrected chi connectivity index (χ4v) is 3.92. The van der Waals surface area contributed by atoms with Crippen LogP contribution in [-0.4, -0.2) is 22.9 Å². The molecule has 3 nitrogen and oxygen atoms in total. The Balaban J connectivity index is 1.89. The summed E-state index contributed by atoms with van der Waals surface area (Å²) in [7, 11) is 0. The van der Waals surface area contributed by atoms with E-state index < -0.39 is 0 Å². The maximum atomic E-state index is 12.6. The summed E-state index contributed by atoms with van der Waals surface area (Å²) in [5.74, 6) is 0.923. The van der Waals surface area contributed by atoms with Gasteiger partial charge in [0, 0.05) is 11.1 Å². The van der Waals surface area contributed by atoms with E-state index in [1.807, 2.05) is 31.2 Å². The van der Waals surface area contributed by atoms with Gasteiger partial charge in [0.05, 0.1) is 6.04 Å². The number of halogens is 1. The Labute approximate surface area is 131 Å². The van der Waals surface area contributed by atoms with Gasteiger partial charge >= 0.3 is 0 Å². The lowest BCUT2D eigenvalue weighted by molar-refractivity contribution is -0.133. The van der Waals surface area contributed by atoms with Gasteiger partial charge in [0.2, 0.25) is 5.91 Å². The molecule has 3 rings (SSSR count). The molecule has 4 atom stereocenters. The van der Waals surface area contributed by atoms with Gasteiger partial charge in [0.25, 0.3) is 0 Å². The first-order chi connectivity index (χ1) is 10.1. The van der Waals surface area contributed by atoms with Crippen molar-refractivity contribution in [2.45, 2.75) is 57.8 Å². The molecule has 0 bridgehead atoms. The zero-order valence-electron chi connectivity index (χ0n) is 12.7. The Morgan fingerprint density at radius 2 is 2.10 bits per heavy atom. The van der Waals surface area contributed by atoms with Crippen LogP contribution in [0.1, 0.15) is 51.3 Å². The molecule has 4 heteroatoms. The first-order valence-electron chi connectivity index (χ1n) is 7.90. The number of carbonyl (C=O) groups excluding carboxylic acids is 1. The highest BCUT2D eigenvalue weighted by Gasteiger charge is 2.42. The zero-order valence-corrected chi connectivity index (χ0v) is 13.4. The molecule has 1 aromatic rings. The van der Waals surface area contributed by atoms with Gasteiger partial charge in [0.15, 0.2) is 0 Å². The van der Waals surface area contributed by atoms with Crippen LogP contribution in [0.15, 0.2) is 24.3 Å². The number of nitrogens with one attached hydrogen (secondary N) is 1. The van der Waals surface area contributed by atoms with E-state index in [4.69, 9.17) is 11.6 Å². The molecule has 1 aliphatic carbocycles. The molecule has 2 aliphatic rings.